The van der Waals surface area contributed by atoms with Crippen molar-refractivity contribution in [2.75, 3.05) is 12.4 Å². The highest BCUT2D eigenvalue weighted by atomic mass is 16.5. The molecule has 3 rings (SSSR count). The molecule has 7 heteroatoms. The maximum absolute atomic E-state index is 11.1. The number of aromatic nitrogens is 2. The van der Waals surface area contributed by atoms with Crippen LogP contribution in [0.3, 0.4) is 0 Å². The van der Waals surface area contributed by atoms with Gasteiger partial charge in [0.2, 0.25) is 5.89 Å². The van der Waals surface area contributed by atoms with Crippen molar-refractivity contribution in [1.82, 2.24) is 10.2 Å². The van der Waals surface area contributed by atoms with Crippen molar-refractivity contribution in [3.8, 4) is 17.2 Å². The lowest BCUT2D eigenvalue weighted by molar-refractivity contribution is 0.187. The van der Waals surface area contributed by atoms with Crippen molar-refractivity contribution < 1.29 is 18.7 Å². The minimum atomic E-state index is -0.525. The molecule has 0 saturated carbocycles. The fourth-order valence-corrected chi connectivity index (χ4v) is 2.07. The summed E-state index contributed by atoms with van der Waals surface area (Å²) in [6.07, 6.45) is -0.525. The second-order valence-corrected chi connectivity index (χ2v) is 5.30. The van der Waals surface area contributed by atoms with E-state index in [1.54, 1.807) is 24.3 Å². The Bertz CT molecular complexity index is 842. The summed E-state index contributed by atoms with van der Waals surface area (Å²) in [5.74, 6) is 1.45. The molecule has 0 aliphatic heterocycles. The third kappa shape index (κ3) is 4.35. The predicted molar refractivity (Wildman–Crippen MR) is 91.3 cm³/mol. The Morgan fingerprint density at radius 2 is 1.80 bits per heavy atom. The zero-order valence-corrected chi connectivity index (χ0v) is 13.9. The number of amides is 1. The molecule has 7 nitrogen and oxygen atoms in total. The highest BCUT2D eigenvalue weighted by Crippen LogP contribution is 2.20. The largest absolute Gasteiger partial charge is 0.484 e. The van der Waals surface area contributed by atoms with E-state index in [1.807, 2.05) is 31.2 Å². The Labute approximate surface area is 144 Å². The molecule has 0 bridgehead atoms. The lowest BCUT2D eigenvalue weighted by Gasteiger charge is -2.06. The minimum absolute atomic E-state index is 0.155. The molecule has 3 aromatic rings. The number of nitrogens with one attached hydrogen (secondary N) is 1. The van der Waals surface area contributed by atoms with E-state index >= 15 is 0 Å². The summed E-state index contributed by atoms with van der Waals surface area (Å²) in [5, 5.41) is 10.6. The number of rotatable bonds is 5. The molecule has 1 aromatic heterocycles. The molecule has 0 aliphatic rings. The van der Waals surface area contributed by atoms with Crippen molar-refractivity contribution in [3.63, 3.8) is 0 Å². The van der Waals surface area contributed by atoms with Gasteiger partial charge >= 0.3 is 6.09 Å². The van der Waals surface area contributed by atoms with Crippen molar-refractivity contribution in [2.45, 2.75) is 13.5 Å². The van der Waals surface area contributed by atoms with Crippen LogP contribution in [-0.2, 0) is 11.3 Å². The standard InChI is InChI=1S/C18H17N3O4/c1-12-3-5-13(6-4-12)17-21-20-16(25-17)11-24-15-9-7-14(8-10-15)19-18(22)23-2/h3-10H,11H2,1-2H3,(H,19,22). The number of anilines is 1. The SMILES string of the molecule is COC(=O)Nc1ccc(OCc2nnc(-c3ccc(C)cc3)o2)cc1. The highest BCUT2D eigenvalue weighted by Gasteiger charge is 2.09. The van der Waals surface area contributed by atoms with Crippen molar-refractivity contribution in [1.29, 1.82) is 0 Å². The van der Waals surface area contributed by atoms with Crippen LogP contribution >= 0.6 is 0 Å². The van der Waals surface area contributed by atoms with Crippen LogP contribution in [0.2, 0.25) is 0 Å². The molecule has 0 atom stereocenters. The summed E-state index contributed by atoms with van der Waals surface area (Å²) in [6.45, 7) is 2.17. The lowest BCUT2D eigenvalue weighted by Crippen LogP contribution is -2.10. The van der Waals surface area contributed by atoms with E-state index in [0.717, 1.165) is 11.1 Å². The van der Waals surface area contributed by atoms with Gasteiger partial charge < -0.3 is 13.9 Å². The third-order valence-electron chi connectivity index (χ3n) is 3.41. The third-order valence-corrected chi connectivity index (χ3v) is 3.41. The van der Waals surface area contributed by atoms with Gasteiger partial charge in [0.15, 0.2) is 6.61 Å². The first kappa shape index (κ1) is 16.5. The van der Waals surface area contributed by atoms with Crippen LogP contribution in [0.15, 0.2) is 52.9 Å². The van der Waals surface area contributed by atoms with Crippen LogP contribution in [0.5, 0.6) is 5.75 Å². The summed E-state index contributed by atoms with van der Waals surface area (Å²) in [6, 6.07) is 14.7. The van der Waals surface area contributed by atoms with Gasteiger partial charge in [-0.05, 0) is 43.3 Å². The number of carbonyl (C=O) groups excluding carboxylic acids is 1. The van der Waals surface area contributed by atoms with Gasteiger partial charge in [-0.15, -0.1) is 10.2 Å². The summed E-state index contributed by atoms with van der Waals surface area (Å²) in [5.41, 5.74) is 2.64. The van der Waals surface area contributed by atoms with E-state index in [-0.39, 0.29) is 6.61 Å². The Hall–Kier alpha value is -3.35. The van der Waals surface area contributed by atoms with Crippen molar-refractivity contribution in [3.05, 3.63) is 60.0 Å². The Morgan fingerprint density at radius 3 is 2.48 bits per heavy atom. The molecular weight excluding hydrogens is 322 g/mol. The second kappa shape index (κ2) is 7.48. The van der Waals surface area contributed by atoms with E-state index in [4.69, 9.17) is 9.15 Å². The van der Waals surface area contributed by atoms with Crippen LogP contribution < -0.4 is 10.1 Å². The predicted octanol–water partition coefficient (Wildman–Crippen LogP) is 3.80. The van der Waals surface area contributed by atoms with Gasteiger partial charge in [0, 0.05) is 11.3 Å². The summed E-state index contributed by atoms with van der Waals surface area (Å²) >= 11 is 0. The molecule has 0 aliphatic carbocycles. The average molecular weight is 339 g/mol. The van der Waals surface area contributed by atoms with E-state index < -0.39 is 6.09 Å². The van der Waals surface area contributed by atoms with Crippen molar-refractivity contribution in [2.24, 2.45) is 0 Å². The van der Waals surface area contributed by atoms with Gasteiger partial charge in [-0.25, -0.2) is 4.79 Å². The summed E-state index contributed by atoms with van der Waals surface area (Å²) in [7, 11) is 1.31. The van der Waals surface area contributed by atoms with Gasteiger partial charge in [-0.2, -0.15) is 0 Å². The first-order valence-corrected chi connectivity index (χ1v) is 7.61. The van der Waals surface area contributed by atoms with Crippen LogP contribution in [0.1, 0.15) is 11.5 Å². The quantitative estimate of drug-likeness (QED) is 0.761. The molecule has 0 radical (unpaired) electrons. The molecule has 0 spiro atoms. The van der Waals surface area contributed by atoms with Gasteiger partial charge in [0.25, 0.3) is 5.89 Å². The number of hydrogen-bond donors (Lipinski definition) is 1. The normalized spacial score (nSPS) is 10.3. The number of aryl methyl sites for hydroxylation is 1. The molecule has 0 unspecified atom stereocenters. The van der Waals surface area contributed by atoms with Crippen molar-refractivity contribution >= 4 is 11.8 Å². The molecule has 2 aromatic carbocycles. The number of carbonyl (C=O) groups is 1. The number of benzene rings is 2. The van der Waals surface area contributed by atoms with E-state index in [2.05, 4.69) is 20.3 Å². The average Bonchev–Trinajstić information content (AvgIpc) is 3.10. The van der Waals surface area contributed by atoms with E-state index in [0.29, 0.717) is 23.2 Å². The van der Waals surface area contributed by atoms with Gasteiger partial charge in [-0.1, -0.05) is 17.7 Å². The maximum atomic E-state index is 11.1. The molecule has 1 N–H and O–H groups in total. The fraction of sp³-hybridized carbons (Fsp3) is 0.167. The van der Waals surface area contributed by atoms with Crippen LogP contribution in [-0.4, -0.2) is 23.4 Å². The number of hydrogen-bond acceptors (Lipinski definition) is 6. The highest BCUT2D eigenvalue weighted by molar-refractivity contribution is 5.84. The lowest BCUT2D eigenvalue weighted by atomic mass is 10.1. The molecule has 1 heterocycles. The molecule has 0 saturated heterocycles. The number of ether oxygens (including phenoxy) is 2. The number of methoxy groups -OCH3 is 1. The monoisotopic (exact) mass is 339 g/mol. The molecule has 25 heavy (non-hydrogen) atoms. The zero-order chi connectivity index (χ0) is 17.6. The Balaban J connectivity index is 1.58. The first-order valence-electron chi connectivity index (χ1n) is 7.61. The fourth-order valence-electron chi connectivity index (χ4n) is 2.07. The smallest absolute Gasteiger partial charge is 0.411 e. The summed E-state index contributed by atoms with van der Waals surface area (Å²) < 4.78 is 15.7. The Morgan fingerprint density at radius 1 is 1.08 bits per heavy atom. The van der Waals surface area contributed by atoms with Crippen LogP contribution in [0, 0.1) is 6.92 Å². The number of nitrogens with zero attached hydrogens (tertiary/aromatic N) is 2. The summed E-state index contributed by atoms with van der Waals surface area (Å²) in [4.78, 5) is 11.1. The van der Waals surface area contributed by atoms with E-state index in [1.165, 1.54) is 7.11 Å². The molecule has 1 amide bonds. The van der Waals surface area contributed by atoms with Gasteiger partial charge in [-0.3, -0.25) is 5.32 Å². The van der Waals surface area contributed by atoms with E-state index in [9.17, 15) is 4.79 Å². The Kier molecular flexibility index (Phi) is 4.94. The molecular formula is C18H17N3O4. The van der Waals surface area contributed by atoms with Gasteiger partial charge in [0.05, 0.1) is 7.11 Å². The zero-order valence-electron chi connectivity index (χ0n) is 13.9. The second-order valence-electron chi connectivity index (χ2n) is 5.30. The molecule has 128 valence electrons. The maximum Gasteiger partial charge on any atom is 0.411 e. The topological polar surface area (TPSA) is 86.5 Å². The van der Waals surface area contributed by atoms with Crippen LogP contribution in [0.25, 0.3) is 11.5 Å². The minimum Gasteiger partial charge on any atom is -0.484 e. The van der Waals surface area contributed by atoms with Gasteiger partial charge in [0.1, 0.15) is 5.75 Å². The first-order chi connectivity index (χ1) is 12.1. The van der Waals surface area contributed by atoms with Crippen LogP contribution in [0.4, 0.5) is 10.5 Å². The molecule has 0 fully saturated rings.